The van der Waals surface area contributed by atoms with Gasteiger partial charge in [-0.3, -0.25) is 9.59 Å². The highest BCUT2D eigenvalue weighted by Gasteiger charge is 2.46. The zero-order valence-electron chi connectivity index (χ0n) is 20.1. The summed E-state index contributed by atoms with van der Waals surface area (Å²) in [6.07, 6.45) is 3.12. The summed E-state index contributed by atoms with van der Waals surface area (Å²) in [5.41, 5.74) is 0.928. The van der Waals surface area contributed by atoms with E-state index in [9.17, 15) is 14.7 Å². The Hall–Kier alpha value is -4.46. The molecule has 2 aromatic carbocycles. The molecular formula is C28H27NO7. The van der Waals surface area contributed by atoms with Gasteiger partial charge in [-0.25, -0.2) is 0 Å². The molecule has 1 aromatic heterocycles. The summed E-state index contributed by atoms with van der Waals surface area (Å²) in [5, 5.41) is 11.2. The first kappa shape index (κ1) is 24.7. The number of ether oxygens (including phenoxy) is 3. The second-order valence-electron chi connectivity index (χ2n) is 7.97. The SMILES string of the molecule is C=CCOc1ccc(C2/C(=C(\O)c3ccc(OC)cc3)C(=O)C(=O)N2Cc2ccco2)cc1OCC. The Balaban J connectivity index is 1.85. The Morgan fingerprint density at radius 3 is 2.53 bits per heavy atom. The molecule has 0 bridgehead atoms. The Morgan fingerprint density at radius 1 is 1.11 bits per heavy atom. The summed E-state index contributed by atoms with van der Waals surface area (Å²) >= 11 is 0. The lowest BCUT2D eigenvalue weighted by Crippen LogP contribution is -2.29. The van der Waals surface area contributed by atoms with Crippen LogP contribution in [0.15, 0.2) is 83.5 Å². The van der Waals surface area contributed by atoms with Gasteiger partial charge in [0.25, 0.3) is 11.7 Å². The fourth-order valence-electron chi connectivity index (χ4n) is 4.10. The Kier molecular flexibility index (Phi) is 7.44. The summed E-state index contributed by atoms with van der Waals surface area (Å²) in [6.45, 7) is 6.22. The van der Waals surface area contributed by atoms with Gasteiger partial charge in [0.1, 0.15) is 23.9 Å². The third-order valence-corrected chi connectivity index (χ3v) is 5.75. The van der Waals surface area contributed by atoms with Crippen LogP contribution >= 0.6 is 0 Å². The van der Waals surface area contributed by atoms with Crippen LogP contribution in [0.2, 0.25) is 0 Å². The fraction of sp³-hybridized carbons (Fsp3) is 0.214. The summed E-state index contributed by atoms with van der Waals surface area (Å²) in [4.78, 5) is 27.8. The van der Waals surface area contributed by atoms with Crippen LogP contribution < -0.4 is 14.2 Å². The second-order valence-corrected chi connectivity index (χ2v) is 7.97. The molecule has 1 N–H and O–H groups in total. The van der Waals surface area contributed by atoms with Crippen LogP contribution in [0.1, 0.15) is 29.9 Å². The van der Waals surface area contributed by atoms with E-state index in [2.05, 4.69) is 6.58 Å². The maximum Gasteiger partial charge on any atom is 0.296 e. The van der Waals surface area contributed by atoms with Crippen molar-refractivity contribution in [3.63, 3.8) is 0 Å². The van der Waals surface area contributed by atoms with Gasteiger partial charge in [-0.15, -0.1) is 0 Å². The molecular weight excluding hydrogens is 462 g/mol. The molecule has 0 spiro atoms. The molecule has 1 saturated heterocycles. The number of benzene rings is 2. The summed E-state index contributed by atoms with van der Waals surface area (Å²) in [7, 11) is 1.54. The number of carbonyl (C=O) groups is 2. The first-order valence-corrected chi connectivity index (χ1v) is 11.4. The number of hydrogen-bond donors (Lipinski definition) is 1. The molecule has 0 saturated carbocycles. The van der Waals surface area contributed by atoms with Gasteiger partial charge >= 0.3 is 0 Å². The van der Waals surface area contributed by atoms with E-state index in [1.165, 1.54) is 18.3 Å². The maximum atomic E-state index is 13.3. The number of Topliss-reactive ketones (excluding diaryl/α,β-unsaturated/α-hetero) is 1. The number of ketones is 1. The van der Waals surface area contributed by atoms with E-state index in [4.69, 9.17) is 18.6 Å². The monoisotopic (exact) mass is 489 g/mol. The molecule has 1 atom stereocenters. The summed E-state index contributed by atoms with van der Waals surface area (Å²) < 4.78 is 22.1. The number of amides is 1. The third kappa shape index (κ3) is 4.84. The standard InChI is InChI=1S/C28H27NO7/c1-4-14-36-22-13-10-19(16-23(22)34-5-2)25-24(26(30)18-8-11-20(33-3)12-9-18)27(31)28(32)29(25)17-21-7-6-15-35-21/h4,6-13,15-16,25,30H,1,5,14,17H2,2-3H3/b26-24+. The predicted molar refractivity (Wildman–Crippen MR) is 133 cm³/mol. The highest BCUT2D eigenvalue weighted by atomic mass is 16.5. The van der Waals surface area contributed by atoms with Crippen LogP contribution in [0.4, 0.5) is 0 Å². The number of likely N-dealkylation sites (tertiary alicyclic amines) is 1. The van der Waals surface area contributed by atoms with Gasteiger partial charge in [-0.1, -0.05) is 18.7 Å². The molecule has 0 aliphatic carbocycles. The number of furan rings is 1. The fourth-order valence-corrected chi connectivity index (χ4v) is 4.10. The molecule has 4 rings (SSSR count). The van der Waals surface area contributed by atoms with E-state index in [0.29, 0.717) is 40.7 Å². The first-order chi connectivity index (χ1) is 17.5. The molecule has 1 amide bonds. The van der Waals surface area contributed by atoms with Gasteiger partial charge in [0.15, 0.2) is 11.5 Å². The van der Waals surface area contributed by atoms with Crippen molar-refractivity contribution in [3.8, 4) is 17.2 Å². The number of aliphatic hydroxyl groups is 1. The highest BCUT2D eigenvalue weighted by Crippen LogP contribution is 2.43. The normalized spacial score (nSPS) is 16.7. The van der Waals surface area contributed by atoms with Crippen LogP contribution in [0.3, 0.4) is 0 Å². The minimum atomic E-state index is -0.884. The Labute approximate surface area is 209 Å². The van der Waals surface area contributed by atoms with E-state index in [1.807, 2.05) is 6.92 Å². The van der Waals surface area contributed by atoms with Crippen LogP contribution in [-0.2, 0) is 16.1 Å². The number of hydrogen-bond acceptors (Lipinski definition) is 7. The largest absolute Gasteiger partial charge is 0.507 e. The van der Waals surface area contributed by atoms with Gasteiger partial charge in [0.05, 0.1) is 38.1 Å². The molecule has 1 aliphatic rings. The maximum absolute atomic E-state index is 13.3. The van der Waals surface area contributed by atoms with Crippen molar-refractivity contribution in [2.24, 2.45) is 0 Å². The zero-order chi connectivity index (χ0) is 25.7. The molecule has 1 fully saturated rings. The van der Waals surface area contributed by atoms with Crippen LogP contribution in [0.5, 0.6) is 17.2 Å². The first-order valence-electron chi connectivity index (χ1n) is 11.4. The number of methoxy groups -OCH3 is 1. The van der Waals surface area contributed by atoms with Crippen LogP contribution in [-0.4, -0.2) is 42.0 Å². The molecule has 3 aromatic rings. The van der Waals surface area contributed by atoms with Crippen molar-refractivity contribution in [2.45, 2.75) is 19.5 Å². The zero-order valence-corrected chi connectivity index (χ0v) is 20.1. The van der Waals surface area contributed by atoms with Crippen molar-refractivity contribution < 1.29 is 33.3 Å². The molecule has 186 valence electrons. The van der Waals surface area contributed by atoms with Gasteiger partial charge in [-0.2, -0.15) is 0 Å². The topological polar surface area (TPSA) is 98.4 Å². The molecule has 1 aliphatic heterocycles. The van der Waals surface area contributed by atoms with E-state index in [0.717, 1.165) is 0 Å². The quantitative estimate of drug-likeness (QED) is 0.188. The lowest BCUT2D eigenvalue weighted by atomic mass is 9.95. The average Bonchev–Trinajstić information content (AvgIpc) is 3.50. The van der Waals surface area contributed by atoms with Crippen molar-refractivity contribution in [1.82, 2.24) is 4.90 Å². The van der Waals surface area contributed by atoms with Crippen molar-refractivity contribution in [3.05, 3.63) is 96.0 Å². The minimum absolute atomic E-state index is 0.0288. The van der Waals surface area contributed by atoms with Gasteiger partial charge in [-0.05, 0) is 61.0 Å². The van der Waals surface area contributed by atoms with Crippen LogP contribution in [0.25, 0.3) is 5.76 Å². The molecule has 8 nitrogen and oxygen atoms in total. The molecule has 36 heavy (non-hydrogen) atoms. The highest BCUT2D eigenvalue weighted by molar-refractivity contribution is 6.46. The lowest BCUT2D eigenvalue weighted by molar-refractivity contribution is -0.140. The Morgan fingerprint density at radius 2 is 1.89 bits per heavy atom. The number of nitrogens with zero attached hydrogens (tertiary/aromatic N) is 1. The number of rotatable bonds is 10. The Bertz CT molecular complexity index is 1280. The van der Waals surface area contributed by atoms with Crippen molar-refractivity contribution in [2.75, 3.05) is 20.3 Å². The van der Waals surface area contributed by atoms with E-state index in [-0.39, 0.29) is 24.5 Å². The predicted octanol–water partition coefficient (Wildman–Crippen LogP) is 4.87. The summed E-state index contributed by atoms with van der Waals surface area (Å²) in [6, 6.07) is 14.3. The third-order valence-electron chi connectivity index (χ3n) is 5.75. The average molecular weight is 490 g/mol. The molecule has 2 heterocycles. The number of aliphatic hydroxyl groups excluding tert-OH is 1. The van der Waals surface area contributed by atoms with Gasteiger partial charge in [0, 0.05) is 5.56 Å². The smallest absolute Gasteiger partial charge is 0.296 e. The lowest BCUT2D eigenvalue weighted by Gasteiger charge is -2.25. The molecule has 0 radical (unpaired) electrons. The van der Waals surface area contributed by atoms with Gasteiger partial charge in [0.2, 0.25) is 0 Å². The minimum Gasteiger partial charge on any atom is -0.507 e. The van der Waals surface area contributed by atoms with Crippen LogP contribution in [0, 0.1) is 0 Å². The summed E-state index contributed by atoms with van der Waals surface area (Å²) in [5.74, 6) is 0.234. The van der Waals surface area contributed by atoms with Crippen molar-refractivity contribution >= 4 is 17.4 Å². The van der Waals surface area contributed by atoms with E-state index in [1.54, 1.807) is 60.7 Å². The second kappa shape index (κ2) is 10.9. The van der Waals surface area contributed by atoms with E-state index >= 15 is 0 Å². The molecule has 1 unspecified atom stereocenters. The van der Waals surface area contributed by atoms with E-state index < -0.39 is 17.7 Å². The number of carbonyl (C=O) groups excluding carboxylic acids is 2. The molecule has 8 heteroatoms. The van der Waals surface area contributed by atoms with Gasteiger partial charge < -0.3 is 28.6 Å². The van der Waals surface area contributed by atoms with Crippen molar-refractivity contribution in [1.29, 1.82) is 0 Å².